The van der Waals surface area contributed by atoms with Gasteiger partial charge in [-0.1, -0.05) is 42.8 Å². The lowest BCUT2D eigenvalue weighted by Gasteiger charge is -2.11. The van der Waals surface area contributed by atoms with Gasteiger partial charge in [0, 0.05) is 11.4 Å². The molecule has 0 atom stereocenters. The summed E-state index contributed by atoms with van der Waals surface area (Å²) in [5.41, 5.74) is 1.92. The maximum Gasteiger partial charge on any atom is 0.224 e. The molecule has 0 aromatic heterocycles. The first-order valence-electron chi connectivity index (χ1n) is 7.95. The minimum atomic E-state index is 0.00603. The van der Waals surface area contributed by atoms with Crippen molar-refractivity contribution in [3.8, 4) is 5.75 Å². The molecule has 0 spiro atoms. The fourth-order valence-electron chi connectivity index (χ4n) is 2.22. The number of ether oxygens (including phenoxy) is 1. The van der Waals surface area contributed by atoms with Crippen LogP contribution in [0.5, 0.6) is 5.75 Å². The summed E-state index contributed by atoms with van der Waals surface area (Å²) in [5.74, 6) is 0.729. The van der Waals surface area contributed by atoms with Crippen molar-refractivity contribution in [3.05, 3.63) is 59.1 Å². The number of aryl methyl sites for hydroxylation is 1. The molecule has 2 rings (SSSR count). The van der Waals surface area contributed by atoms with Gasteiger partial charge in [0.2, 0.25) is 5.91 Å². The molecular weight excluding hydrogens is 310 g/mol. The molecule has 2 aromatic carbocycles. The second-order valence-corrected chi connectivity index (χ2v) is 5.81. The Morgan fingerprint density at radius 3 is 2.61 bits per heavy atom. The molecule has 4 heteroatoms. The van der Waals surface area contributed by atoms with E-state index in [1.54, 1.807) is 0 Å². The normalized spacial score (nSPS) is 10.3. The van der Waals surface area contributed by atoms with Crippen LogP contribution in [0, 0.1) is 0 Å². The van der Waals surface area contributed by atoms with E-state index in [1.165, 1.54) is 5.56 Å². The number of carbonyl (C=O) groups is 1. The SMILES string of the molecule is CCCOc1ccccc1NC(=O)CCCc1ccc(Cl)cc1. The first kappa shape index (κ1) is 17.4. The number of anilines is 1. The van der Waals surface area contributed by atoms with Crippen molar-refractivity contribution < 1.29 is 9.53 Å². The first-order valence-corrected chi connectivity index (χ1v) is 8.33. The smallest absolute Gasteiger partial charge is 0.224 e. The summed E-state index contributed by atoms with van der Waals surface area (Å²) in [6.07, 6.45) is 3.07. The Morgan fingerprint density at radius 2 is 1.87 bits per heavy atom. The molecule has 0 saturated heterocycles. The average Bonchev–Trinajstić information content (AvgIpc) is 2.56. The molecule has 1 amide bonds. The van der Waals surface area contributed by atoms with Gasteiger partial charge >= 0.3 is 0 Å². The summed E-state index contributed by atoms with van der Waals surface area (Å²) in [6, 6.07) is 15.3. The van der Waals surface area contributed by atoms with Crippen molar-refractivity contribution in [2.24, 2.45) is 0 Å². The van der Waals surface area contributed by atoms with Crippen LogP contribution in [-0.4, -0.2) is 12.5 Å². The molecule has 0 aliphatic rings. The van der Waals surface area contributed by atoms with Crippen molar-refractivity contribution in [1.29, 1.82) is 0 Å². The fraction of sp³-hybridized carbons (Fsp3) is 0.316. The third kappa shape index (κ3) is 5.95. The van der Waals surface area contributed by atoms with Crippen LogP contribution < -0.4 is 10.1 Å². The zero-order chi connectivity index (χ0) is 16.5. The van der Waals surface area contributed by atoms with Gasteiger partial charge in [0.05, 0.1) is 12.3 Å². The Hall–Kier alpha value is -2.00. The Bertz CT molecular complexity index is 626. The third-order valence-corrected chi connectivity index (χ3v) is 3.66. The molecule has 0 bridgehead atoms. The molecule has 0 radical (unpaired) electrons. The van der Waals surface area contributed by atoms with Gasteiger partial charge in [0.1, 0.15) is 5.75 Å². The molecule has 3 nitrogen and oxygen atoms in total. The molecule has 23 heavy (non-hydrogen) atoms. The van der Waals surface area contributed by atoms with E-state index in [4.69, 9.17) is 16.3 Å². The van der Waals surface area contributed by atoms with Crippen LogP contribution in [0.1, 0.15) is 31.7 Å². The maximum absolute atomic E-state index is 12.1. The average molecular weight is 332 g/mol. The summed E-state index contributed by atoms with van der Waals surface area (Å²) in [5, 5.41) is 3.66. The zero-order valence-corrected chi connectivity index (χ0v) is 14.1. The zero-order valence-electron chi connectivity index (χ0n) is 13.3. The Kier molecular flexibility index (Phi) is 6.95. The van der Waals surface area contributed by atoms with E-state index >= 15 is 0 Å². The Labute approximate surface area is 142 Å². The number of para-hydroxylation sites is 2. The summed E-state index contributed by atoms with van der Waals surface area (Å²) < 4.78 is 5.64. The summed E-state index contributed by atoms with van der Waals surface area (Å²) in [7, 11) is 0. The Balaban J connectivity index is 1.81. The third-order valence-electron chi connectivity index (χ3n) is 3.41. The highest BCUT2D eigenvalue weighted by atomic mass is 35.5. The first-order chi connectivity index (χ1) is 11.2. The molecule has 122 valence electrons. The summed E-state index contributed by atoms with van der Waals surface area (Å²) in [6.45, 7) is 2.70. The fourth-order valence-corrected chi connectivity index (χ4v) is 2.35. The van der Waals surface area contributed by atoms with E-state index in [0.29, 0.717) is 13.0 Å². The van der Waals surface area contributed by atoms with E-state index < -0.39 is 0 Å². The van der Waals surface area contributed by atoms with Crippen LogP contribution in [0.2, 0.25) is 5.02 Å². The van der Waals surface area contributed by atoms with Crippen LogP contribution in [-0.2, 0) is 11.2 Å². The quantitative estimate of drug-likeness (QED) is 0.731. The molecule has 0 fully saturated rings. The number of benzene rings is 2. The molecule has 1 N–H and O–H groups in total. The van der Waals surface area contributed by atoms with Crippen LogP contribution >= 0.6 is 11.6 Å². The predicted octanol–water partition coefficient (Wildman–Crippen LogP) is 5.09. The predicted molar refractivity (Wildman–Crippen MR) is 95.2 cm³/mol. The molecule has 0 unspecified atom stereocenters. The highest BCUT2D eigenvalue weighted by Gasteiger charge is 2.07. The van der Waals surface area contributed by atoms with Crippen molar-refractivity contribution in [3.63, 3.8) is 0 Å². The van der Waals surface area contributed by atoms with Crippen molar-refractivity contribution in [1.82, 2.24) is 0 Å². The van der Waals surface area contributed by atoms with Crippen LogP contribution in [0.4, 0.5) is 5.69 Å². The van der Waals surface area contributed by atoms with E-state index in [-0.39, 0.29) is 5.91 Å². The number of carbonyl (C=O) groups excluding carboxylic acids is 1. The molecule has 2 aromatic rings. The summed E-state index contributed by atoms with van der Waals surface area (Å²) >= 11 is 5.86. The minimum absolute atomic E-state index is 0.00603. The molecule has 0 saturated carbocycles. The number of hydrogen-bond donors (Lipinski definition) is 1. The summed E-state index contributed by atoms with van der Waals surface area (Å²) in [4.78, 5) is 12.1. The van der Waals surface area contributed by atoms with E-state index in [2.05, 4.69) is 12.2 Å². The van der Waals surface area contributed by atoms with Crippen molar-refractivity contribution in [2.45, 2.75) is 32.6 Å². The number of hydrogen-bond acceptors (Lipinski definition) is 2. The van der Waals surface area contributed by atoms with E-state index in [9.17, 15) is 4.79 Å². The monoisotopic (exact) mass is 331 g/mol. The van der Waals surface area contributed by atoms with Gasteiger partial charge in [-0.15, -0.1) is 0 Å². The van der Waals surface area contributed by atoms with Crippen molar-refractivity contribution >= 4 is 23.2 Å². The van der Waals surface area contributed by atoms with Gasteiger partial charge in [-0.25, -0.2) is 0 Å². The Morgan fingerprint density at radius 1 is 1.13 bits per heavy atom. The van der Waals surface area contributed by atoms with E-state index in [0.717, 1.165) is 35.7 Å². The lowest BCUT2D eigenvalue weighted by molar-refractivity contribution is -0.116. The number of rotatable bonds is 8. The number of nitrogens with one attached hydrogen (secondary N) is 1. The molecule has 0 heterocycles. The van der Waals surface area contributed by atoms with Gasteiger partial charge in [0.25, 0.3) is 0 Å². The van der Waals surface area contributed by atoms with Gasteiger partial charge < -0.3 is 10.1 Å². The largest absolute Gasteiger partial charge is 0.491 e. The molecule has 0 aliphatic carbocycles. The molecule has 0 aliphatic heterocycles. The molecular formula is C19H22ClNO2. The van der Waals surface area contributed by atoms with Crippen LogP contribution in [0.3, 0.4) is 0 Å². The van der Waals surface area contributed by atoms with Crippen LogP contribution in [0.25, 0.3) is 0 Å². The highest BCUT2D eigenvalue weighted by molar-refractivity contribution is 6.30. The minimum Gasteiger partial charge on any atom is -0.491 e. The highest BCUT2D eigenvalue weighted by Crippen LogP contribution is 2.24. The van der Waals surface area contributed by atoms with Gasteiger partial charge in [-0.05, 0) is 49.1 Å². The number of amides is 1. The topological polar surface area (TPSA) is 38.3 Å². The van der Waals surface area contributed by atoms with Crippen molar-refractivity contribution in [2.75, 3.05) is 11.9 Å². The van der Waals surface area contributed by atoms with Crippen LogP contribution in [0.15, 0.2) is 48.5 Å². The second kappa shape index (κ2) is 9.21. The van der Waals surface area contributed by atoms with Gasteiger partial charge in [0.15, 0.2) is 0 Å². The van der Waals surface area contributed by atoms with Gasteiger partial charge in [-0.2, -0.15) is 0 Å². The lowest BCUT2D eigenvalue weighted by atomic mass is 10.1. The maximum atomic E-state index is 12.1. The second-order valence-electron chi connectivity index (χ2n) is 5.37. The van der Waals surface area contributed by atoms with E-state index in [1.807, 2.05) is 48.5 Å². The van der Waals surface area contributed by atoms with Gasteiger partial charge in [-0.3, -0.25) is 4.79 Å². The lowest BCUT2D eigenvalue weighted by Crippen LogP contribution is -2.12. The number of halogens is 1. The standard InChI is InChI=1S/C19H22ClNO2/c1-2-14-23-18-8-4-3-7-17(18)21-19(22)9-5-6-15-10-12-16(20)13-11-15/h3-4,7-8,10-13H,2,5-6,9,14H2,1H3,(H,21,22).